The number of benzene rings is 1. The molecule has 1 spiro atoms. The highest BCUT2D eigenvalue weighted by atomic mass is 16.7. The van der Waals surface area contributed by atoms with Crippen molar-refractivity contribution in [1.29, 1.82) is 0 Å². The molecule has 4 aliphatic rings. The van der Waals surface area contributed by atoms with E-state index in [4.69, 9.17) is 9.47 Å². The van der Waals surface area contributed by atoms with Crippen molar-refractivity contribution < 1.29 is 9.47 Å². The predicted molar refractivity (Wildman–Crippen MR) is 60.4 cm³/mol. The van der Waals surface area contributed by atoms with Crippen molar-refractivity contribution in [3.63, 3.8) is 0 Å². The molecule has 5 rings (SSSR count). The number of ether oxygens (including phenoxy) is 2. The molecule has 1 aromatic carbocycles. The SMILES string of the molecule is c1ccc2c(c1)[C@@H]1CC[C@H]2C2(C1)OCCO2. The molecular weight excluding hydrogens is 200 g/mol. The molecule has 2 nitrogen and oxygen atoms in total. The lowest BCUT2D eigenvalue weighted by Crippen LogP contribution is -2.46. The van der Waals surface area contributed by atoms with Gasteiger partial charge in [0.2, 0.25) is 0 Å². The fourth-order valence-electron chi connectivity index (χ4n) is 3.82. The largest absolute Gasteiger partial charge is 0.347 e. The maximum Gasteiger partial charge on any atom is 0.175 e. The van der Waals surface area contributed by atoms with Gasteiger partial charge in [0, 0.05) is 12.3 Å². The van der Waals surface area contributed by atoms with E-state index < -0.39 is 0 Å². The first-order chi connectivity index (χ1) is 7.89. The maximum atomic E-state index is 5.95. The Bertz CT molecular complexity index is 420. The minimum absolute atomic E-state index is 0.267. The second kappa shape index (κ2) is 3.08. The summed E-state index contributed by atoms with van der Waals surface area (Å²) in [6.45, 7) is 1.54. The van der Waals surface area contributed by atoms with Gasteiger partial charge in [0.05, 0.1) is 13.2 Å². The van der Waals surface area contributed by atoms with E-state index in [0.29, 0.717) is 11.8 Å². The van der Waals surface area contributed by atoms with Crippen molar-refractivity contribution in [2.75, 3.05) is 13.2 Å². The molecule has 0 amide bonds. The van der Waals surface area contributed by atoms with Crippen LogP contribution in [0.4, 0.5) is 0 Å². The van der Waals surface area contributed by atoms with Gasteiger partial charge in [-0.05, 0) is 29.9 Å². The zero-order chi connectivity index (χ0) is 10.6. The van der Waals surface area contributed by atoms with Gasteiger partial charge in [-0.25, -0.2) is 0 Å². The second-order valence-electron chi connectivity index (χ2n) is 5.17. The molecule has 0 unspecified atom stereocenters. The number of rotatable bonds is 0. The molecule has 1 saturated carbocycles. The van der Waals surface area contributed by atoms with Crippen molar-refractivity contribution in [2.45, 2.75) is 36.9 Å². The lowest BCUT2D eigenvalue weighted by atomic mass is 9.63. The Balaban J connectivity index is 1.86. The minimum atomic E-state index is -0.267. The third kappa shape index (κ3) is 1.04. The zero-order valence-corrected chi connectivity index (χ0v) is 9.32. The lowest BCUT2D eigenvalue weighted by Gasteiger charge is -2.49. The van der Waals surface area contributed by atoms with Gasteiger partial charge in [-0.1, -0.05) is 24.3 Å². The Labute approximate surface area is 95.6 Å². The summed E-state index contributed by atoms with van der Waals surface area (Å²) >= 11 is 0. The third-order valence-corrected chi connectivity index (χ3v) is 4.45. The van der Waals surface area contributed by atoms with E-state index in [1.807, 2.05) is 0 Å². The molecule has 84 valence electrons. The van der Waals surface area contributed by atoms with Gasteiger partial charge in [0.25, 0.3) is 0 Å². The van der Waals surface area contributed by atoms with Crippen LogP contribution in [0.3, 0.4) is 0 Å². The molecule has 0 radical (unpaired) electrons. The van der Waals surface area contributed by atoms with Crippen LogP contribution in [0.15, 0.2) is 24.3 Å². The van der Waals surface area contributed by atoms with E-state index >= 15 is 0 Å². The molecule has 1 heterocycles. The first-order valence-corrected chi connectivity index (χ1v) is 6.26. The predicted octanol–water partition coefficient (Wildman–Crippen LogP) is 2.79. The number of hydrogen-bond acceptors (Lipinski definition) is 2. The van der Waals surface area contributed by atoms with Crippen LogP contribution in [0, 0.1) is 0 Å². The monoisotopic (exact) mass is 216 g/mol. The average molecular weight is 216 g/mol. The van der Waals surface area contributed by atoms with Crippen LogP contribution in [0.2, 0.25) is 0 Å². The minimum Gasteiger partial charge on any atom is -0.347 e. The Morgan fingerprint density at radius 1 is 1.00 bits per heavy atom. The van der Waals surface area contributed by atoms with Gasteiger partial charge < -0.3 is 9.47 Å². The Kier molecular flexibility index (Phi) is 1.77. The molecule has 1 aromatic rings. The summed E-state index contributed by atoms with van der Waals surface area (Å²) in [7, 11) is 0. The molecule has 0 aromatic heterocycles. The summed E-state index contributed by atoms with van der Waals surface area (Å²) in [5.41, 5.74) is 3.02. The van der Waals surface area contributed by atoms with Crippen LogP contribution in [0.5, 0.6) is 0 Å². The van der Waals surface area contributed by atoms with Crippen LogP contribution < -0.4 is 0 Å². The topological polar surface area (TPSA) is 18.5 Å². The second-order valence-corrected chi connectivity index (χ2v) is 5.17. The maximum absolute atomic E-state index is 5.95. The molecule has 1 saturated heterocycles. The van der Waals surface area contributed by atoms with Crippen molar-refractivity contribution in [3.8, 4) is 0 Å². The van der Waals surface area contributed by atoms with Gasteiger partial charge in [-0.2, -0.15) is 0 Å². The van der Waals surface area contributed by atoms with Crippen molar-refractivity contribution in [2.24, 2.45) is 0 Å². The molecule has 2 fully saturated rings. The van der Waals surface area contributed by atoms with E-state index in [0.717, 1.165) is 19.6 Å². The van der Waals surface area contributed by atoms with Gasteiger partial charge in [-0.3, -0.25) is 0 Å². The van der Waals surface area contributed by atoms with Gasteiger partial charge in [-0.15, -0.1) is 0 Å². The fourth-order valence-corrected chi connectivity index (χ4v) is 3.82. The summed E-state index contributed by atoms with van der Waals surface area (Å²) in [4.78, 5) is 0. The quantitative estimate of drug-likeness (QED) is 0.664. The van der Waals surface area contributed by atoms with Crippen molar-refractivity contribution in [3.05, 3.63) is 35.4 Å². The van der Waals surface area contributed by atoms with Gasteiger partial charge in [0.15, 0.2) is 5.79 Å². The molecule has 3 aliphatic carbocycles. The summed E-state index contributed by atoms with van der Waals surface area (Å²) in [5, 5.41) is 0. The van der Waals surface area contributed by atoms with Crippen LogP contribution in [-0.2, 0) is 9.47 Å². The van der Waals surface area contributed by atoms with E-state index in [-0.39, 0.29) is 5.79 Å². The Hall–Kier alpha value is -0.860. The van der Waals surface area contributed by atoms with E-state index in [1.165, 1.54) is 18.4 Å². The highest BCUT2D eigenvalue weighted by molar-refractivity contribution is 5.40. The third-order valence-electron chi connectivity index (χ3n) is 4.45. The average Bonchev–Trinajstić information content (AvgIpc) is 2.79. The molecule has 2 bridgehead atoms. The molecule has 2 atom stereocenters. The van der Waals surface area contributed by atoms with Crippen molar-refractivity contribution in [1.82, 2.24) is 0 Å². The lowest BCUT2D eigenvalue weighted by molar-refractivity contribution is -0.200. The number of hydrogen-bond donors (Lipinski definition) is 0. The fraction of sp³-hybridized carbons (Fsp3) is 0.571. The Morgan fingerprint density at radius 3 is 2.56 bits per heavy atom. The standard InChI is InChI=1S/C14H16O2/c1-2-4-12-11(3-1)10-5-6-13(12)14(9-10)15-7-8-16-14/h1-4,10,13H,5-9H2/t10-,13-/m1/s1. The smallest absolute Gasteiger partial charge is 0.175 e. The van der Waals surface area contributed by atoms with Gasteiger partial charge >= 0.3 is 0 Å². The summed E-state index contributed by atoms with van der Waals surface area (Å²) in [5.74, 6) is 0.854. The van der Waals surface area contributed by atoms with Crippen LogP contribution in [-0.4, -0.2) is 19.0 Å². The normalized spacial score (nSPS) is 34.2. The van der Waals surface area contributed by atoms with E-state index in [2.05, 4.69) is 24.3 Å². The molecule has 16 heavy (non-hydrogen) atoms. The van der Waals surface area contributed by atoms with E-state index in [9.17, 15) is 0 Å². The summed E-state index contributed by atoms with van der Waals surface area (Å²) < 4.78 is 11.9. The molecule has 0 N–H and O–H groups in total. The summed E-state index contributed by atoms with van der Waals surface area (Å²) in [6.07, 6.45) is 3.59. The Morgan fingerprint density at radius 2 is 1.75 bits per heavy atom. The zero-order valence-electron chi connectivity index (χ0n) is 9.32. The van der Waals surface area contributed by atoms with Crippen LogP contribution >= 0.6 is 0 Å². The highest BCUT2D eigenvalue weighted by Gasteiger charge is 2.53. The number of fused-ring (bicyclic) bond motifs is 1. The van der Waals surface area contributed by atoms with E-state index in [1.54, 1.807) is 5.56 Å². The molecule has 1 aliphatic heterocycles. The molecular formula is C14H16O2. The van der Waals surface area contributed by atoms with Crippen molar-refractivity contribution >= 4 is 0 Å². The van der Waals surface area contributed by atoms with Crippen LogP contribution in [0.1, 0.15) is 42.2 Å². The van der Waals surface area contributed by atoms with Gasteiger partial charge in [0.1, 0.15) is 0 Å². The first kappa shape index (κ1) is 9.20. The summed E-state index contributed by atoms with van der Waals surface area (Å²) in [6, 6.07) is 8.84. The van der Waals surface area contributed by atoms with Crippen LogP contribution in [0.25, 0.3) is 0 Å². The molecule has 2 heteroatoms. The highest BCUT2D eigenvalue weighted by Crippen LogP contribution is 2.57. The first-order valence-electron chi connectivity index (χ1n) is 6.26.